The van der Waals surface area contributed by atoms with E-state index in [1.807, 2.05) is 19.2 Å². The van der Waals surface area contributed by atoms with Crippen LogP contribution < -0.4 is 10.6 Å². The first kappa shape index (κ1) is 11.1. The van der Waals surface area contributed by atoms with Crippen LogP contribution in [-0.4, -0.2) is 23.5 Å². The minimum absolute atomic E-state index is 0.00778. The molecular formula is C9H15N3OS. The molecule has 1 rings (SSSR count). The number of aromatic nitrogens is 1. The Morgan fingerprint density at radius 3 is 3.07 bits per heavy atom. The lowest BCUT2D eigenvalue weighted by Gasteiger charge is -2.10. The largest absolute Gasteiger partial charge is 0.314 e. The van der Waals surface area contributed by atoms with Crippen LogP contribution in [0.1, 0.15) is 20.3 Å². The van der Waals surface area contributed by atoms with E-state index < -0.39 is 0 Å². The molecule has 0 fully saturated rings. The summed E-state index contributed by atoms with van der Waals surface area (Å²) in [5.41, 5.74) is 0. The van der Waals surface area contributed by atoms with Crippen molar-refractivity contribution in [3.05, 3.63) is 11.6 Å². The van der Waals surface area contributed by atoms with E-state index in [0.29, 0.717) is 11.6 Å². The smallest absolute Gasteiger partial charge is 0.227 e. The highest BCUT2D eigenvalue weighted by atomic mass is 32.1. The monoisotopic (exact) mass is 213 g/mol. The Labute approximate surface area is 87.7 Å². The minimum atomic E-state index is 0.00778. The molecule has 5 heteroatoms. The highest BCUT2D eigenvalue weighted by molar-refractivity contribution is 7.13. The SMILES string of the molecule is CCNC(C)CC(=O)Nc1nccs1. The summed E-state index contributed by atoms with van der Waals surface area (Å²) in [6.45, 7) is 4.89. The predicted molar refractivity (Wildman–Crippen MR) is 58.5 cm³/mol. The molecule has 0 aliphatic heterocycles. The third-order valence-corrected chi connectivity index (χ3v) is 2.41. The molecule has 1 heterocycles. The van der Waals surface area contributed by atoms with Gasteiger partial charge >= 0.3 is 0 Å². The van der Waals surface area contributed by atoms with E-state index in [1.54, 1.807) is 6.20 Å². The van der Waals surface area contributed by atoms with Gasteiger partial charge in [-0.2, -0.15) is 0 Å². The number of hydrogen-bond donors (Lipinski definition) is 2. The fourth-order valence-electron chi connectivity index (χ4n) is 1.15. The first-order chi connectivity index (χ1) is 6.72. The molecule has 0 aliphatic rings. The van der Waals surface area contributed by atoms with Crippen LogP contribution in [0.25, 0.3) is 0 Å². The summed E-state index contributed by atoms with van der Waals surface area (Å²) >= 11 is 1.43. The van der Waals surface area contributed by atoms with Gasteiger partial charge in [0.05, 0.1) is 0 Å². The van der Waals surface area contributed by atoms with Gasteiger partial charge in [-0.1, -0.05) is 6.92 Å². The summed E-state index contributed by atoms with van der Waals surface area (Å²) < 4.78 is 0. The molecule has 14 heavy (non-hydrogen) atoms. The average molecular weight is 213 g/mol. The standard InChI is InChI=1S/C9H15N3OS/c1-3-10-7(2)6-8(13)12-9-11-4-5-14-9/h4-5,7,10H,3,6H2,1-2H3,(H,11,12,13). The number of hydrogen-bond acceptors (Lipinski definition) is 4. The second-order valence-corrected chi connectivity index (χ2v) is 3.94. The lowest BCUT2D eigenvalue weighted by molar-refractivity contribution is -0.116. The molecule has 0 radical (unpaired) electrons. The molecule has 0 aromatic carbocycles. The molecule has 1 aromatic heterocycles. The van der Waals surface area contributed by atoms with Crippen LogP contribution in [-0.2, 0) is 4.79 Å². The number of amides is 1. The molecule has 1 atom stereocenters. The predicted octanol–water partition coefficient (Wildman–Crippen LogP) is 1.47. The molecule has 78 valence electrons. The maximum Gasteiger partial charge on any atom is 0.227 e. The maximum atomic E-state index is 11.4. The third kappa shape index (κ3) is 3.85. The highest BCUT2D eigenvalue weighted by Crippen LogP contribution is 2.10. The van der Waals surface area contributed by atoms with Crippen LogP contribution in [0.5, 0.6) is 0 Å². The van der Waals surface area contributed by atoms with Crippen molar-refractivity contribution in [3.8, 4) is 0 Å². The summed E-state index contributed by atoms with van der Waals surface area (Å²) in [6.07, 6.45) is 2.15. The molecule has 1 amide bonds. The highest BCUT2D eigenvalue weighted by Gasteiger charge is 2.08. The first-order valence-electron chi connectivity index (χ1n) is 4.65. The lowest BCUT2D eigenvalue weighted by Crippen LogP contribution is -2.30. The second kappa shape index (κ2) is 5.72. The molecule has 0 saturated carbocycles. The molecule has 0 aliphatic carbocycles. The van der Waals surface area contributed by atoms with Crippen LogP contribution in [0.3, 0.4) is 0 Å². The van der Waals surface area contributed by atoms with Crippen molar-refractivity contribution in [2.24, 2.45) is 0 Å². The van der Waals surface area contributed by atoms with E-state index >= 15 is 0 Å². The van der Waals surface area contributed by atoms with Crippen molar-refractivity contribution in [2.75, 3.05) is 11.9 Å². The number of carbonyl (C=O) groups is 1. The van der Waals surface area contributed by atoms with E-state index in [2.05, 4.69) is 15.6 Å². The molecule has 4 nitrogen and oxygen atoms in total. The number of nitrogens with one attached hydrogen (secondary N) is 2. The fraction of sp³-hybridized carbons (Fsp3) is 0.556. The van der Waals surface area contributed by atoms with Crippen LogP contribution in [0.2, 0.25) is 0 Å². The average Bonchev–Trinajstić information content (AvgIpc) is 2.56. The lowest BCUT2D eigenvalue weighted by atomic mass is 10.2. The topological polar surface area (TPSA) is 54.0 Å². The van der Waals surface area contributed by atoms with E-state index in [1.165, 1.54) is 11.3 Å². The first-order valence-corrected chi connectivity index (χ1v) is 5.53. The van der Waals surface area contributed by atoms with Gasteiger partial charge in [0.25, 0.3) is 0 Å². The Balaban J connectivity index is 2.29. The Kier molecular flexibility index (Phi) is 4.55. The van der Waals surface area contributed by atoms with Crippen molar-refractivity contribution in [1.29, 1.82) is 0 Å². The zero-order chi connectivity index (χ0) is 10.4. The third-order valence-electron chi connectivity index (χ3n) is 1.72. The van der Waals surface area contributed by atoms with Crippen molar-refractivity contribution >= 4 is 22.4 Å². The Hall–Kier alpha value is -0.940. The Morgan fingerprint density at radius 2 is 2.50 bits per heavy atom. The number of carbonyl (C=O) groups excluding carboxylic acids is 1. The quantitative estimate of drug-likeness (QED) is 0.778. The van der Waals surface area contributed by atoms with Gasteiger partial charge < -0.3 is 10.6 Å². The van der Waals surface area contributed by atoms with Crippen LogP contribution in [0.4, 0.5) is 5.13 Å². The zero-order valence-electron chi connectivity index (χ0n) is 8.41. The summed E-state index contributed by atoms with van der Waals surface area (Å²) in [6, 6.07) is 0.208. The second-order valence-electron chi connectivity index (χ2n) is 3.05. The molecule has 2 N–H and O–H groups in total. The summed E-state index contributed by atoms with van der Waals surface area (Å²) in [5, 5.41) is 8.42. The van der Waals surface area contributed by atoms with E-state index in [4.69, 9.17) is 0 Å². The van der Waals surface area contributed by atoms with E-state index in [0.717, 1.165) is 6.54 Å². The molecule has 0 saturated heterocycles. The van der Waals surface area contributed by atoms with Crippen LogP contribution in [0, 0.1) is 0 Å². The summed E-state index contributed by atoms with van der Waals surface area (Å²) in [4.78, 5) is 15.4. The minimum Gasteiger partial charge on any atom is -0.314 e. The zero-order valence-corrected chi connectivity index (χ0v) is 9.23. The van der Waals surface area contributed by atoms with Gasteiger partial charge in [-0.25, -0.2) is 4.98 Å². The van der Waals surface area contributed by atoms with Gasteiger partial charge in [-0.3, -0.25) is 4.79 Å². The number of nitrogens with zero attached hydrogens (tertiary/aromatic N) is 1. The number of thiazole rings is 1. The molecule has 1 unspecified atom stereocenters. The van der Waals surface area contributed by atoms with Crippen LogP contribution >= 0.6 is 11.3 Å². The summed E-state index contributed by atoms with van der Waals surface area (Å²) in [5.74, 6) is 0.00778. The van der Waals surface area contributed by atoms with Gasteiger partial charge in [0.15, 0.2) is 5.13 Å². The molecular weight excluding hydrogens is 198 g/mol. The van der Waals surface area contributed by atoms with Gasteiger partial charge in [-0.05, 0) is 13.5 Å². The van der Waals surface area contributed by atoms with Gasteiger partial charge in [-0.15, -0.1) is 11.3 Å². The number of rotatable bonds is 5. The number of anilines is 1. The Bertz CT molecular complexity index is 274. The van der Waals surface area contributed by atoms with Crippen molar-refractivity contribution in [2.45, 2.75) is 26.3 Å². The normalized spacial score (nSPS) is 12.4. The summed E-state index contributed by atoms with van der Waals surface area (Å²) in [7, 11) is 0. The van der Waals surface area contributed by atoms with E-state index in [-0.39, 0.29) is 11.9 Å². The Morgan fingerprint density at radius 1 is 1.71 bits per heavy atom. The molecule has 1 aromatic rings. The van der Waals surface area contributed by atoms with Gasteiger partial charge in [0.2, 0.25) is 5.91 Å². The molecule has 0 bridgehead atoms. The van der Waals surface area contributed by atoms with Crippen molar-refractivity contribution < 1.29 is 4.79 Å². The molecule has 0 spiro atoms. The van der Waals surface area contributed by atoms with Crippen molar-refractivity contribution in [1.82, 2.24) is 10.3 Å². The van der Waals surface area contributed by atoms with Gasteiger partial charge in [0.1, 0.15) is 0 Å². The fourth-order valence-corrected chi connectivity index (χ4v) is 1.70. The van der Waals surface area contributed by atoms with E-state index in [9.17, 15) is 4.79 Å². The maximum absolute atomic E-state index is 11.4. The van der Waals surface area contributed by atoms with Crippen LogP contribution in [0.15, 0.2) is 11.6 Å². The van der Waals surface area contributed by atoms with Crippen molar-refractivity contribution in [3.63, 3.8) is 0 Å². The van der Waals surface area contributed by atoms with Gasteiger partial charge in [0, 0.05) is 24.0 Å².